The molecule has 5 nitrogen and oxygen atoms in total. The summed E-state index contributed by atoms with van der Waals surface area (Å²) >= 11 is 6.89. The molecule has 0 fully saturated rings. The molecule has 0 amide bonds. The molecule has 3 rings (SSSR count). The van der Waals surface area contributed by atoms with Crippen molar-refractivity contribution in [1.82, 2.24) is 0 Å². The van der Waals surface area contributed by atoms with Gasteiger partial charge in [-0.15, -0.1) is 11.3 Å². The van der Waals surface area contributed by atoms with Gasteiger partial charge in [0.2, 0.25) is 0 Å². The maximum atomic E-state index is 11.9. The van der Waals surface area contributed by atoms with Gasteiger partial charge in [-0.05, 0) is 35.7 Å². The summed E-state index contributed by atoms with van der Waals surface area (Å²) in [4.78, 5) is 16.8. The molecule has 0 N–H and O–H groups in total. The van der Waals surface area contributed by atoms with Gasteiger partial charge in [-0.3, -0.25) is 0 Å². The maximum Gasteiger partial charge on any atom is 0.365 e. The fourth-order valence-corrected chi connectivity index (χ4v) is 4.98. The van der Waals surface area contributed by atoms with Crippen LogP contribution in [0.3, 0.4) is 0 Å². The summed E-state index contributed by atoms with van der Waals surface area (Å²) in [7, 11) is -3.24. The summed E-state index contributed by atoms with van der Waals surface area (Å²) in [5, 5.41) is 6.04. The number of hydrogen-bond acceptors (Lipinski definition) is 6. The lowest BCUT2D eigenvalue weighted by Gasteiger charge is -2.13. The van der Waals surface area contributed by atoms with Crippen molar-refractivity contribution in [3.05, 3.63) is 51.9 Å². The standard InChI is InChI=1S/C14H10ClNO4S2/c15-10-3-1-9(2-4-10)13(17)20-16-12-6-8-22(18,19)14-11(12)5-7-21-14/h1-5,7H,6,8H2/b16-12-. The van der Waals surface area contributed by atoms with Crippen molar-refractivity contribution in [1.29, 1.82) is 0 Å². The molecule has 0 spiro atoms. The van der Waals surface area contributed by atoms with Crippen LogP contribution in [-0.4, -0.2) is 25.9 Å². The van der Waals surface area contributed by atoms with Crippen LogP contribution in [0.5, 0.6) is 0 Å². The Kier molecular flexibility index (Phi) is 4.03. The lowest BCUT2D eigenvalue weighted by atomic mass is 10.1. The van der Waals surface area contributed by atoms with Gasteiger partial charge < -0.3 is 4.84 Å². The first kappa shape index (κ1) is 15.2. The zero-order valence-electron chi connectivity index (χ0n) is 11.2. The SMILES string of the molecule is O=C(O/N=C1/CCS(=O)(=O)c2sccc21)c1ccc(Cl)cc1. The molecule has 1 aromatic carbocycles. The van der Waals surface area contributed by atoms with E-state index in [0.717, 1.165) is 11.3 Å². The molecule has 0 atom stereocenters. The molecule has 2 aromatic rings. The maximum absolute atomic E-state index is 11.9. The predicted molar refractivity (Wildman–Crippen MR) is 84.4 cm³/mol. The third kappa shape index (κ3) is 2.92. The summed E-state index contributed by atoms with van der Waals surface area (Å²) < 4.78 is 24.1. The topological polar surface area (TPSA) is 72.8 Å². The molecule has 22 heavy (non-hydrogen) atoms. The highest BCUT2D eigenvalue weighted by Gasteiger charge is 2.29. The van der Waals surface area contributed by atoms with Gasteiger partial charge in [0, 0.05) is 17.0 Å². The Morgan fingerprint density at radius 2 is 1.95 bits per heavy atom. The van der Waals surface area contributed by atoms with E-state index in [0.29, 0.717) is 21.9 Å². The van der Waals surface area contributed by atoms with Crippen LogP contribution in [0.25, 0.3) is 0 Å². The molecule has 0 saturated carbocycles. The Balaban J connectivity index is 1.82. The van der Waals surface area contributed by atoms with Crippen LogP contribution in [0.1, 0.15) is 22.3 Å². The van der Waals surface area contributed by atoms with Gasteiger partial charge in [0.15, 0.2) is 9.84 Å². The number of hydrogen-bond donors (Lipinski definition) is 0. The van der Waals surface area contributed by atoms with Crippen molar-refractivity contribution in [2.75, 3.05) is 5.75 Å². The molecular formula is C14H10ClNO4S2. The van der Waals surface area contributed by atoms with Crippen molar-refractivity contribution in [3.63, 3.8) is 0 Å². The second kappa shape index (κ2) is 5.83. The zero-order valence-corrected chi connectivity index (χ0v) is 13.5. The largest absolute Gasteiger partial charge is 0.365 e. The van der Waals surface area contributed by atoms with Crippen molar-refractivity contribution >= 4 is 44.5 Å². The van der Waals surface area contributed by atoms with E-state index in [1.165, 1.54) is 12.1 Å². The van der Waals surface area contributed by atoms with Gasteiger partial charge in [-0.2, -0.15) is 0 Å². The van der Waals surface area contributed by atoms with E-state index in [2.05, 4.69) is 5.16 Å². The van der Waals surface area contributed by atoms with E-state index in [1.54, 1.807) is 23.6 Å². The highest BCUT2D eigenvalue weighted by molar-refractivity contribution is 7.93. The highest BCUT2D eigenvalue weighted by Crippen LogP contribution is 2.30. The summed E-state index contributed by atoms with van der Waals surface area (Å²) in [5.41, 5.74) is 1.30. The number of carbonyl (C=O) groups is 1. The molecule has 0 aliphatic carbocycles. The first-order valence-electron chi connectivity index (χ1n) is 6.32. The van der Waals surface area contributed by atoms with Gasteiger partial charge in [0.05, 0.1) is 17.0 Å². The summed E-state index contributed by atoms with van der Waals surface area (Å²) in [6, 6.07) is 7.90. The van der Waals surface area contributed by atoms with Crippen LogP contribution in [-0.2, 0) is 14.7 Å². The van der Waals surface area contributed by atoms with Crippen LogP contribution < -0.4 is 0 Å². The number of nitrogens with zero attached hydrogens (tertiary/aromatic N) is 1. The Bertz CT molecular complexity index is 853. The van der Waals surface area contributed by atoms with E-state index >= 15 is 0 Å². The number of fused-ring (bicyclic) bond motifs is 1. The third-order valence-corrected chi connectivity index (χ3v) is 6.68. The monoisotopic (exact) mass is 355 g/mol. The number of halogens is 1. The molecule has 2 heterocycles. The molecule has 0 unspecified atom stereocenters. The highest BCUT2D eigenvalue weighted by atomic mass is 35.5. The number of thiophene rings is 1. The normalized spacial score (nSPS) is 18.0. The number of benzene rings is 1. The summed E-state index contributed by atoms with van der Waals surface area (Å²) in [6.07, 6.45) is 0.222. The fourth-order valence-electron chi connectivity index (χ4n) is 2.04. The molecule has 0 bridgehead atoms. The average molecular weight is 356 g/mol. The molecule has 1 aromatic heterocycles. The van der Waals surface area contributed by atoms with E-state index in [-0.39, 0.29) is 16.4 Å². The Hall–Kier alpha value is -1.70. The van der Waals surface area contributed by atoms with Crippen molar-refractivity contribution in [2.45, 2.75) is 10.6 Å². The molecule has 0 radical (unpaired) electrons. The van der Waals surface area contributed by atoms with E-state index in [1.807, 2.05) is 0 Å². The van der Waals surface area contributed by atoms with Crippen molar-refractivity contribution < 1.29 is 18.0 Å². The number of oxime groups is 1. The van der Waals surface area contributed by atoms with Crippen molar-refractivity contribution in [3.8, 4) is 0 Å². The second-order valence-corrected chi connectivity index (χ2v) is 8.27. The molecule has 1 aliphatic rings. The average Bonchev–Trinajstić information content (AvgIpc) is 2.98. The smallest absolute Gasteiger partial charge is 0.313 e. The van der Waals surface area contributed by atoms with Crippen LogP contribution in [0.2, 0.25) is 5.02 Å². The quantitative estimate of drug-likeness (QED) is 0.612. The van der Waals surface area contributed by atoms with Gasteiger partial charge in [-0.25, -0.2) is 13.2 Å². The number of rotatable bonds is 2. The molecular weight excluding hydrogens is 346 g/mol. The summed E-state index contributed by atoms with van der Waals surface area (Å²) in [6.45, 7) is 0. The first-order valence-corrected chi connectivity index (χ1v) is 9.23. The van der Waals surface area contributed by atoms with Crippen LogP contribution >= 0.6 is 22.9 Å². The lowest BCUT2D eigenvalue weighted by molar-refractivity contribution is 0.0516. The summed E-state index contributed by atoms with van der Waals surface area (Å²) in [5.74, 6) is -0.646. The zero-order chi connectivity index (χ0) is 15.7. The van der Waals surface area contributed by atoms with Crippen LogP contribution in [0.4, 0.5) is 0 Å². The van der Waals surface area contributed by atoms with Crippen LogP contribution in [0.15, 0.2) is 45.1 Å². The van der Waals surface area contributed by atoms with E-state index < -0.39 is 15.8 Å². The Morgan fingerprint density at radius 3 is 2.68 bits per heavy atom. The fraction of sp³-hybridized carbons (Fsp3) is 0.143. The molecule has 0 saturated heterocycles. The van der Waals surface area contributed by atoms with Gasteiger partial charge in [0.1, 0.15) is 4.21 Å². The second-order valence-electron chi connectivity index (χ2n) is 4.61. The number of sulfone groups is 1. The van der Waals surface area contributed by atoms with Crippen LogP contribution in [0, 0.1) is 0 Å². The minimum Gasteiger partial charge on any atom is -0.313 e. The molecule has 8 heteroatoms. The first-order chi connectivity index (χ1) is 10.5. The van der Waals surface area contributed by atoms with Gasteiger partial charge in [-0.1, -0.05) is 16.8 Å². The van der Waals surface area contributed by atoms with Gasteiger partial charge in [0.25, 0.3) is 0 Å². The predicted octanol–water partition coefficient (Wildman–Crippen LogP) is 3.14. The van der Waals surface area contributed by atoms with E-state index in [9.17, 15) is 13.2 Å². The van der Waals surface area contributed by atoms with E-state index in [4.69, 9.17) is 16.4 Å². The number of carbonyl (C=O) groups excluding carboxylic acids is 1. The molecule has 114 valence electrons. The minimum atomic E-state index is -3.24. The minimum absolute atomic E-state index is 0.0299. The third-order valence-electron chi connectivity index (χ3n) is 3.15. The van der Waals surface area contributed by atoms with Gasteiger partial charge >= 0.3 is 5.97 Å². The Morgan fingerprint density at radius 1 is 1.23 bits per heavy atom. The van der Waals surface area contributed by atoms with Crippen molar-refractivity contribution in [2.24, 2.45) is 5.16 Å². The molecule has 1 aliphatic heterocycles. The lowest BCUT2D eigenvalue weighted by Crippen LogP contribution is -2.20. The Labute approximate surface area is 136 Å².